The van der Waals surface area contributed by atoms with E-state index < -0.39 is 12.6 Å². The van der Waals surface area contributed by atoms with Gasteiger partial charge in [-0.3, -0.25) is 0 Å². The Morgan fingerprint density at radius 2 is 1.92 bits per heavy atom. The minimum Gasteiger partial charge on any atom is -0.447 e. The Morgan fingerprint density at radius 1 is 1.23 bits per heavy atom. The van der Waals surface area contributed by atoms with Crippen LogP contribution in [0.4, 0.5) is 13.2 Å². The molecule has 76 valence electrons. The molecule has 0 unspecified atom stereocenters. The summed E-state index contributed by atoms with van der Waals surface area (Å²) >= 11 is 5.36. The number of alkyl halides is 4. The van der Waals surface area contributed by atoms with Crippen molar-refractivity contribution in [2.24, 2.45) is 0 Å². The van der Waals surface area contributed by atoms with E-state index in [4.69, 9.17) is 11.6 Å². The van der Waals surface area contributed by atoms with Gasteiger partial charge in [-0.1, -0.05) is 5.92 Å². The van der Waals surface area contributed by atoms with Gasteiger partial charge in [-0.2, -0.15) is 13.2 Å². The lowest BCUT2D eigenvalue weighted by atomic mass is 10.4. The summed E-state index contributed by atoms with van der Waals surface area (Å²) in [7, 11) is 0. The van der Waals surface area contributed by atoms with E-state index in [1.54, 1.807) is 0 Å². The SMILES string of the molecule is FC(F)(F)CC#COCCCCCl. The van der Waals surface area contributed by atoms with Crippen LogP contribution < -0.4 is 0 Å². The monoisotopic (exact) mass is 214 g/mol. The van der Waals surface area contributed by atoms with Crippen LogP contribution in [0.3, 0.4) is 0 Å². The lowest BCUT2D eigenvalue weighted by Crippen LogP contribution is -2.04. The normalized spacial score (nSPS) is 10.5. The van der Waals surface area contributed by atoms with Crippen LogP contribution in [0.25, 0.3) is 0 Å². The maximum atomic E-state index is 11.5. The number of halogens is 4. The van der Waals surface area contributed by atoms with E-state index in [-0.39, 0.29) is 0 Å². The molecule has 0 saturated heterocycles. The molecule has 0 aliphatic carbocycles. The Kier molecular flexibility index (Phi) is 6.61. The standard InChI is InChI=1S/C8H10ClF3O/c9-5-1-2-6-13-7-3-4-8(10,11)12/h1-2,4-6H2. The van der Waals surface area contributed by atoms with Gasteiger partial charge in [-0.05, 0) is 12.8 Å². The van der Waals surface area contributed by atoms with E-state index in [0.29, 0.717) is 18.9 Å². The molecule has 0 N–H and O–H groups in total. The van der Waals surface area contributed by atoms with Gasteiger partial charge in [0.15, 0.2) is 0 Å². The maximum Gasteiger partial charge on any atom is 0.399 e. The zero-order valence-corrected chi connectivity index (χ0v) is 7.71. The van der Waals surface area contributed by atoms with Crippen LogP contribution in [0.2, 0.25) is 0 Å². The van der Waals surface area contributed by atoms with Gasteiger partial charge in [0.1, 0.15) is 19.1 Å². The molecule has 0 rings (SSSR count). The predicted molar refractivity (Wildman–Crippen MR) is 44.4 cm³/mol. The summed E-state index contributed by atoms with van der Waals surface area (Å²) in [6.07, 6.45) is -1.87. The summed E-state index contributed by atoms with van der Waals surface area (Å²) in [4.78, 5) is 0. The fourth-order valence-electron chi connectivity index (χ4n) is 0.507. The molecule has 13 heavy (non-hydrogen) atoms. The molecule has 0 saturated carbocycles. The van der Waals surface area contributed by atoms with Crippen LogP contribution in [-0.4, -0.2) is 18.7 Å². The molecule has 0 amide bonds. The predicted octanol–water partition coefficient (Wildman–Crippen LogP) is 2.94. The Balaban J connectivity index is 3.31. The number of rotatable bonds is 4. The van der Waals surface area contributed by atoms with E-state index in [1.165, 1.54) is 0 Å². The molecule has 0 heterocycles. The van der Waals surface area contributed by atoms with Crippen LogP contribution in [0, 0.1) is 12.0 Å². The summed E-state index contributed by atoms with van der Waals surface area (Å²) in [5.41, 5.74) is 0. The molecule has 0 spiro atoms. The fraction of sp³-hybridized carbons (Fsp3) is 0.750. The highest BCUT2D eigenvalue weighted by atomic mass is 35.5. The molecule has 0 aliphatic rings. The first-order valence-corrected chi connectivity index (χ1v) is 4.32. The van der Waals surface area contributed by atoms with Crippen molar-refractivity contribution in [3.8, 4) is 12.0 Å². The Bertz CT molecular complexity index is 180. The van der Waals surface area contributed by atoms with Crippen LogP contribution in [-0.2, 0) is 4.74 Å². The Labute approximate surface area is 80.2 Å². The average molecular weight is 215 g/mol. The summed E-state index contributed by atoms with van der Waals surface area (Å²) in [6, 6.07) is 0. The molecule has 0 bridgehead atoms. The second-order valence-corrected chi connectivity index (χ2v) is 2.69. The molecule has 0 radical (unpaired) electrons. The maximum absolute atomic E-state index is 11.5. The van der Waals surface area contributed by atoms with E-state index in [2.05, 4.69) is 4.74 Å². The lowest BCUT2D eigenvalue weighted by molar-refractivity contribution is -0.123. The van der Waals surface area contributed by atoms with Crippen molar-refractivity contribution in [1.82, 2.24) is 0 Å². The van der Waals surface area contributed by atoms with Crippen LogP contribution in [0.15, 0.2) is 0 Å². The van der Waals surface area contributed by atoms with E-state index in [0.717, 1.165) is 6.42 Å². The van der Waals surface area contributed by atoms with Crippen molar-refractivity contribution in [2.45, 2.75) is 25.4 Å². The van der Waals surface area contributed by atoms with Gasteiger partial charge in [-0.15, -0.1) is 11.6 Å². The van der Waals surface area contributed by atoms with Crippen molar-refractivity contribution < 1.29 is 17.9 Å². The smallest absolute Gasteiger partial charge is 0.399 e. The van der Waals surface area contributed by atoms with Crippen LogP contribution >= 0.6 is 11.6 Å². The summed E-state index contributed by atoms with van der Waals surface area (Å²) in [5, 5.41) is 0. The van der Waals surface area contributed by atoms with Gasteiger partial charge in [-0.25, -0.2) is 0 Å². The highest BCUT2D eigenvalue weighted by molar-refractivity contribution is 6.17. The third-order valence-electron chi connectivity index (χ3n) is 1.06. The van der Waals surface area contributed by atoms with Crippen molar-refractivity contribution in [3.63, 3.8) is 0 Å². The number of hydrogen-bond donors (Lipinski definition) is 0. The molecule has 0 aromatic rings. The van der Waals surface area contributed by atoms with Crippen molar-refractivity contribution >= 4 is 11.6 Å². The summed E-state index contributed by atoms with van der Waals surface area (Å²) in [6.45, 7) is 0.331. The van der Waals surface area contributed by atoms with Crippen molar-refractivity contribution in [1.29, 1.82) is 0 Å². The third-order valence-corrected chi connectivity index (χ3v) is 1.33. The van der Waals surface area contributed by atoms with Gasteiger partial charge in [0.2, 0.25) is 0 Å². The van der Waals surface area contributed by atoms with Crippen LogP contribution in [0.1, 0.15) is 19.3 Å². The topological polar surface area (TPSA) is 9.23 Å². The quantitative estimate of drug-likeness (QED) is 0.397. The molecule has 0 fully saturated rings. The van der Waals surface area contributed by atoms with E-state index in [1.807, 2.05) is 12.0 Å². The molecular formula is C8H10ClF3O. The van der Waals surface area contributed by atoms with Gasteiger partial charge in [0.25, 0.3) is 0 Å². The first kappa shape index (κ1) is 12.4. The lowest BCUT2D eigenvalue weighted by Gasteiger charge is -1.98. The van der Waals surface area contributed by atoms with Gasteiger partial charge in [0, 0.05) is 5.88 Å². The fourth-order valence-corrected chi connectivity index (χ4v) is 0.696. The van der Waals surface area contributed by atoms with E-state index >= 15 is 0 Å². The minimum absolute atomic E-state index is 0.331. The molecule has 5 heteroatoms. The van der Waals surface area contributed by atoms with Crippen molar-refractivity contribution in [3.05, 3.63) is 0 Å². The molecule has 0 aromatic heterocycles. The number of hydrogen-bond acceptors (Lipinski definition) is 1. The molecule has 1 nitrogen and oxygen atoms in total. The number of ether oxygens (including phenoxy) is 1. The molecular weight excluding hydrogens is 205 g/mol. The van der Waals surface area contributed by atoms with E-state index in [9.17, 15) is 13.2 Å². The second-order valence-electron chi connectivity index (χ2n) is 2.32. The Morgan fingerprint density at radius 3 is 2.46 bits per heavy atom. The van der Waals surface area contributed by atoms with Crippen molar-refractivity contribution in [2.75, 3.05) is 12.5 Å². The zero-order valence-electron chi connectivity index (χ0n) is 6.96. The third kappa shape index (κ3) is 11.4. The molecule has 0 aromatic carbocycles. The van der Waals surface area contributed by atoms with Gasteiger partial charge >= 0.3 is 6.18 Å². The summed E-state index contributed by atoms with van der Waals surface area (Å²) in [5.74, 6) is 2.40. The average Bonchev–Trinajstić information content (AvgIpc) is 2.01. The largest absolute Gasteiger partial charge is 0.447 e. The highest BCUT2D eigenvalue weighted by Gasteiger charge is 2.25. The number of unbranched alkanes of at least 4 members (excludes halogenated alkanes) is 1. The highest BCUT2D eigenvalue weighted by Crippen LogP contribution is 2.17. The molecule has 0 aliphatic heterocycles. The zero-order chi connectivity index (χ0) is 10.2. The first-order chi connectivity index (χ1) is 6.06. The first-order valence-electron chi connectivity index (χ1n) is 3.78. The summed E-state index contributed by atoms with van der Waals surface area (Å²) < 4.78 is 39.1. The Hall–Kier alpha value is -0.560. The van der Waals surface area contributed by atoms with Crippen LogP contribution in [0.5, 0.6) is 0 Å². The second kappa shape index (κ2) is 6.90. The minimum atomic E-state index is -4.23. The van der Waals surface area contributed by atoms with Gasteiger partial charge in [0.05, 0.1) is 0 Å². The molecule has 0 atom stereocenters. The van der Waals surface area contributed by atoms with Gasteiger partial charge < -0.3 is 4.74 Å².